The average Bonchev–Trinajstić information content (AvgIpc) is 3.21. The molecule has 0 radical (unpaired) electrons. The van der Waals surface area contributed by atoms with Crippen LogP contribution in [0.25, 0.3) is 0 Å². The third-order valence-electron chi connectivity index (χ3n) is 5.31. The van der Waals surface area contributed by atoms with Crippen molar-refractivity contribution in [3.63, 3.8) is 0 Å². The summed E-state index contributed by atoms with van der Waals surface area (Å²) in [4.78, 5) is 28.6. The number of benzene rings is 1. The zero-order chi connectivity index (χ0) is 18.8. The first-order valence-electron chi connectivity index (χ1n) is 9.36. The van der Waals surface area contributed by atoms with Gasteiger partial charge in [-0.1, -0.05) is 42.5 Å². The van der Waals surface area contributed by atoms with Gasteiger partial charge in [0.25, 0.3) is 0 Å². The monoisotopic (exact) mass is 364 g/mol. The first kappa shape index (κ1) is 17.7. The highest BCUT2D eigenvalue weighted by Gasteiger charge is 2.47. The Morgan fingerprint density at radius 3 is 2.37 bits per heavy atom. The lowest BCUT2D eigenvalue weighted by Gasteiger charge is -2.22. The fourth-order valence-electron chi connectivity index (χ4n) is 3.96. The summed E-state index contributed by atoms with van der Waals surface area (Å²) in [6.07, 6.45) is 9.25. The van der Waals surface area contributed by atoms with Crippen LogP contribution in [-0.4, -0.2) is 45.1 Å². The first-order chi connectivity index (χ1) is 13.1. The topological polar surface area (TPSA) is 58.4 Å². The van der Waals surface area contributed by atoms with E-state index in [1.54, 1.807) is 0 Å². The molecule has 0 bridgehead atoms. The largest absolute Gasteiger partial charge is 0.284 e. The van der Waals surface area contributed by atoms with Crippen LogP contribution in [0.3, 0.4) is 0 Å². The number of carbonyl (C=O) groups excluding carboxylic acids is 2. The minimum absolute atomic E-state index is 0.0269. The fourth-order valence-corrected chi connectivity index (χ4v) is 3.96. The highest BCUT2D eigenvalue weighted by Crippen LogP contribution is 2.35. The van der Waals surface area contributed by atoms with E-state index >= 15 is 0 Å². The Labute approximate surface area is 159 Å². The van der Waals surface area contributed by atoms with E-state index in [1.807, 2.05) is 59.4 Å². The number of imide groups is 1. The van der Waals surface area contributed by atoms with Gasteiger partial charge in [0.1, 0.15) is 0 Å². The Hall–Kier alpha value is -2.73. The Balaban J connectivity index is 1.35. The van der Waals surface area contributed by atoms with Gasteiger partial charge in [-0.3, -0.25) is 24.1 Å². The third kappa shape index (κ3) is 3.71. The second-order valence-corrected chi connectivity index (χ2v) is 7.45. The molecule has 1 saturated heterocycles. The number of nitrogens with zero attached hydrogens (tertiary/aromatic N) is 4. The van der Waals surface area contributed by atoms with Crippen LogP contribution in [0.15, 0.2) is 54.9 Å². The molecule has 2 atom stereocenters. The van der Waals surface area contributed by atoms with Gasteiger partial charge in [-0.05, 0) is 25.5 Å². The summed E-state index contributed by atoms with van der Waals surface area (Å²) in [5.74, 6) is -0.379. The molecule has 2 amide bonds. The lowest BCUT2D eigenvalue weighted by Crippen LogP contribution is -2.39. The molecule has 0 saturated carbocycles. The Kier molecular flexibility index (Phi) is 4.90. The summed E-state index contributed by atoms with van der Waals surface area (Å²) in [7, 11) is 1.93. The van der Waals surface area contributed by atoms with Crippen LogP contribution in [0.1, 0.15) is 24.0 Å². The molecular formula is C21H24N4O2. The minimum atomic E-state index is -0.162. The van der Waals surface area contributed by atoms with Gasteiger partial charge < -0.3 is 0 Å². The molecule has 4 rings (SSSR count). The average molecular weight is 364 g/mol. The van der Waals surface area contributed by atoms with Crippen molar-refractivity contribution in [1.82, 2.24) is 19.6 Å². The van der Waals surface area contributed by atoms with Gasteiger partial charge in [-0.2, -0.15) is 5.10 Å². The quantitative estimate of drug-likeness (QED) is 0.583. The van der Waals surface area contributed by atoms with Crippen LogP contribution in [0.4, 0.5) is 0 Å². The molecule has 2 heterocycles. The number of carbonyl (C=O) groups is 2. The van der Waals surface area contributed by atoms with Gasteiger partial charge in [-0.15, -0.1) is 0 Å². The Morgan fingerprint density at radius 1 is 1.04 bits per heavy atom. The van der Waals surface area contributed by atoms with Crippen LogP contribution in [-0.2, 0) is 22.7 Å². The normalized spacial score (nSPS) is 21.9. The van der Waals surface area contributed by atoms with Crippen molar-refractivity contribution >= 4 is 11.8 Å². The second-order valence-electron chi connectivity index (χ2n) is 7.45. The van der Waals surface area contributed by atoms with Gasteiger partial charge in [-0.25, -0.2) is 0 Å². The number of fused-ring (bicyclic) bond motifs is 1. The summed E-state index contributed by atoms with van der Waals surface area (Å²) in [5, 5.41) is 4.42. The number of amides is 2. The minimum Gasteiger partial charge on any atom is -0.284 e. The van der Waals surface area contributed by atoms with E-state index in [4.69, 9.17) is 0 Å². The number of hydrogen-bond acceptors (Lipinski definition) is 4. The standard InChI is InChI=1S/C21H24N4O2/c1-23(15-25-20(26)18-9-5-6-10-19(18)21(25)27)12-17-11-22-24(14-17)13-16-7-3-2-4-8-16/h2-8,11,14,18-19H,9-10,12-13,15H2,1H3/t18-,19+. The van der Waals surface area contributed by atoms with E-state index < -0.39 is 0 Å². The third-order valence-corrected chi connectivity index (χ3v) is 5.31. The Morgan fingerprint density at radius 2 is 1.70 bits per heavy atom. The number of rotatable bonds is 6. The lowest BCUT2D eigenvalue weighted by molar-refractivity contribution is -0.142. The summed E-state index contributed by atoms with van der Waals surface area (Å²) in [6.45, 7) is 1.69. The van der Waals surface area contributed by atoms with Crippen molar-refractivity contribution in [2.24, 2.45) is 11.8 Å². The summed E-state index contributed by atoms with van der Waals surface area (Å²) in [5.41, 5.74) is 2.26. The van der Waals surface area contributed by atoms with E-state index in [0.29, 0.717) is 26.1 Å². The van der Waals surface area contributed by atoms with Gasteiger partial charge >= 0.3 is 0 Å². The van der Waals surface area contributed by atoms with E-state index in [9.17, 15) is 9.59 Å². The number of likely N-dealkylation sites (tertiary alicyclic amines) is 1. The van der Waals surface area contributed by atoms with Crippen LogP contribution < -0.4 is 0 Å². The van der Waals surface area contributed by atoms with Crippen LogP contribution in [0, 0.1) is 11.8 Å². The molecule has 27 heavy (non-hydrogen) atoms. The molecule has 6 heteroatoms. The number of hydrogen-bond donors (Lipinski definition) is 0. The molecule has 1 aromatic heterocycles. The summed E-state index contributed by atoms with van der Waals surface area (Å²) < 4.78 is 1.91. The van der Waals surface area contributed by atoms with Crippen molar-refractivity contribution in [2.75, 3.05) is 13.7 Å². The number of aromatic nitrogens is 2. The molecule has 2 aliphatic rings. The highest BCUT2D eigenvalue weighted by molar-refractivity contribution is 6.05. The molecular weight excluding hydrogens is 340 g/mol. The van der Waals surface area contributed by atoms with E-state index in [1.165, 1.54) is 10.5 Å². The SMILES string of the molecule is CN(Cc1cnn(Cc2ccccc2)c1)CN1C(=O)[C@H]2CC=CC[C@H]2C1=O. The lowest BCUT2D eigenvalue weighted by atomic mass is 9.85. The molecule has 0 spiro atoms. The molecule has 1 aliphatic heterocycles. The Bertz CT molecular complexity index is 832. The maximum Gasteiger partial charge on any atom is 0.234 e. The van der Waals surface area contributed by atoms with Crippen molar-refractivity contribution in [3.05, 3.63) is 66.0 Å². The zero-order valence-electron chi connectivity index (χ0n) is 15.5. The molecule has 1 aliphatic carbocycles. The predicted octanol–water partition coefficient (Wildman–Crippen LogP) is 2.27. The van der Waals surface area contributed by atoms with Gasteiger partial charge in [0.15, 0.2) is 0 Å². The van der Waals surface area contributed by atoms with Crippen molar-refractivity contribution in [2.45, 2.75) is 25.9 Å². The summed E-state index contributed by atoms with van der Waals surface area (Å²) in [6, 6.07) is 10.2. The van der Waals surface area contributed by atoms with Crippen molar-refractivity contribution < 1.29 is 9.59 Å². The van der Waals surface area contributed by atoms with E-state index in [2.05, 4.69) is 17.2 Å². The maximum atomic E-state index is 12.6. The van der Waals surface area contributed by atoms with Crippen molar-refractivity contribution in [3.8, 4) is 0 Å². The fraction of sp³-hybridized carbons (Fsp3) is 0.381. The molecule has 2 aromatic rings. The predicted molar refractivity (Wildman–Crippen MR) is 101 cm³/mol. The van der Waals surface area contributed by atoms with Crippen LogP contribution in [0.5, 0.6) is 0 Å². The van der Waals surface area contributed by atoms with Gasteiger partial charge in [0, 0.05) is 18.3 Å². The van der Waals surface area contributed by atoms with Crippen LogP contribution >= 0.6 is 0 Å². The van der Waals surface area contributed by atoms with Crippen molar-refractivity contribution in [1.29, 1.82) is 0 Å². The molecule has 1 fully saturated rings. The molecule has 0 N–H and O–H groups in total. The zero-order valence-corrected chi connectivity index (χ0v) is 15.5. The smallest absolute Gasteiger partial charge is 0.234 e. The molecule has 6 nitrogen and oxygen atoms in total. The van der Waals surface area contributed by atoms with E-state index in [0.717, 1.165) is 12.1 Å². The summed E-state index contributed by atoms with van der Waals surface area (Å²) >= 11 is 0. The highest BCUT2D eigenvalue weighted by atomic mass is 16.2. The first-order valence-corrected chi connectivity index (χ1v) is 9.36. The second kappa shape index (κ2) is 7.48. The maximum absolute atomic E-state index is 12.6. The van der Waals surface area contributed by atoms with E-state index in [-0.39, 0.29) is 23.7 Å². The number of allylic oxidation sites excluding steroid dienone is 2. The van der Waals surface area contributed by atoms with Crippen LogP contribution in [0.2, 0.25) is 0 Å². The molecule has 0 unspecified atom stereocenters. The van der Waals surface area contributed by atoms with Gasteiger partial charge in [0.05, 0.1) is 31.2 Å². The van der Waals surface area contributed by atoms with Gasteiger partial charge in [0.2, 0.25) is 11.8 Å². The molecule has 1 aromatic carbocycles. The molecule has 140 valence electrons.